The maximum atomic E-state index is 14.2. The van der Waals surface area contributed by atoms with E-state index in [4.69, 9.17) is 4.74 Å². The molecule has 0 amide bonds. The minimum absolute atomic E-state index is 0.211. The van der Waals surface area contributed by atoms with Crippen molar-refractivity contribution in [1.29, 1.82) is 0 Å². The van der Waals surface area contributed by atoms with Crippen molar-refractivity contribution in [2.75, 3.05) is 50.5 Å². The van der Waals surface area contributed by atoms with Crippen LogP contribution in [0.25, 0.3) is 0 Å². The van der Waals surface area contributed by atoms with Gasteiger partial charge < -0.3 is 10.1 Å². The number of morpholine rings is 1. The lowest BCUT2D eigenvalue weighted by Gasteiger charge is -2.26. The van der Waals surface area contributed by atoms with Gasteiger partial charge in [-0.05, 0) is 55.7 Å². The number of rotatable bonds is 13. The molecule has 0 spiro atoms. The average molecular weight is 522 g/mol. The second-order valence-corrected chi connectivity index (χ2v) is 10.6. The highest BCUT2D eigenvalue weighted by atomic mass is 32.2. The van der Waals surface area contributed by atoms with E-state index in [9.17, 15) is 17.2 Å². The van der Waals surface area contributed by atoms with E-state index in [0.29, 0.717) is 37.6 Å². The first-order valence-electron chi connectivity index (χ1n) is 12.1. The van der Waals surface area contributed by atoms with E-state index < -0.39 is 20.9 Å². The number of ether oxygens (including phenoxy) is 1. The Labute approximate surface area is 214 Å². The number of halogens is 2. The number of pyridine rings is 1. The molecule has 1 aliphatic rings. The Morgan fingerprint density at radius 1 is 1.31 bits per heavy atom. The van der Waals surface area contributed by atoms with Gasteiger partial charge in [-0.15, -0.1) is 0 Å². The number of hydrogen-bond donors (Lipinski definition) is 1. The van der Waals surface area contributed by atoms with Gasteiger partial charge in [0.25, 0.3) is 0 Å². The fourth-order valence-corrected chi connectivity index (χ4v) is 5.17. The van der Waals surface area contributed by atoms with Gasteiger partial charge in [0.05, 0.1) is 25.3 Å². The summed E-state index contributed by atoms with van der Waals surface area (Å²) in [6, 6.07) is 1.73. The molecule has 0 aliphatic carbocycles. The SMILES string of the molecule is C/C=C(C)\C=C/CS(=O)(=O)C(/C=C/C(F)=C\C=C\F)c1cc(NCCN2CCOCC2)ncc1CC. The van der Waals surface area contributed by atoms with Crippen LogP contribution in [0.3, 0.4) is 0 Å². The van der Waals surface area contributed by atoms with Gasteiger partial charge in [0.2, 0.25) is 0 Å². The third-order valence-electron chi connectivity index (χ3n) is 5.86. The number of nitrogens with zero attached hydrogens (tertiary/aromatic N) is 2. The Bertz CT molecular complexity index is 1090. The van der Waals surface area contributed by atoms with Crippen molar-refractivity contribution in [3.8, 4) is 0 Å². The van der Waals surface area contributed by atoms with Gasteiger partial charge in [0.1, 0.15) is 16.9 Å². The Morgan fingerprint density at radius 2 is 2.06 bits per heavy atom. The molecule has 9 heteroatoms. The molecular formula is C27H37F2N3O3S. The van der Waals surface area contributed by atoms with Gasteiger partial charge in [-0.3, -0.25) is 4.90 Å². The van der Waals surface area contributed by atoms with Crippen LogP contribution in [0.2, 0.25) is 0 Å². The summed E-state index contributed by atoms with van der Waals surface area (Å²) in [5, 5.41) is 2.18. The number of allylic oxidation sites excluding steroid dienone is 7. The zero-order valence-corrected chi connectivity index (χ0v) is 22.1. The minimum Gasteiger partial charge on any atom is -0.379 e. The molecule has 1 N–H and O–H groups in total. The highest BCUT2D eigenvalue weighted by molar-refractivity contribution is 7.91. The zero-order valence-electron chi connectivity index (χ0n) is 21.3. The van der Waals surface area contributed by atoms with Gasteiger partial charge in [0, 0.05) is 32.4 Å². The van der Waals surface area contributed by atoms with Crippen LogP contribution < -0.4 is 5.32 Å². The number of anilines is 1. The fourth-order valence-electron chi connectivity index (χ4n) is 3.67. The van der Waals surface area contributed by atoms with Crippen molar-refractivity contribution in [2.24, 2.45) is 0 Å². The third kappa shape index (κ3) is 9.79. The van der Waals surface area contributed by atoms with Crippen LogP contribution in [-0.2, 0) is 21.0 Å². The van der Waals surface area contributed by atoms with Crippen LogP contribution in [0.5, 0.6) is 0 Å². The van der Waals surface area contributed by atoms with Gasteiger partial charge in [-0.1, -0.05) is 36.8 Å². The van der Waals surface area contributed by atoms with Gasteiger partial charge in [-0.25, -0.2) is 22.2 Å². The normalized spacial score (nSPS) is 17.5. The van der Waals surface area contributed by atoms with E-state index in [2.05, 4.69) is 15.2 Å². The number of aryl methyl sites for hydroxylation is 1. The van der Waals surface area contributed by atoms with Gasteiger partial charge >= 0.3 is 0 Å². The maximum absolute atomic E-state index is 14.2. The molecule has 1 fully saturated rings. The van der Waals surface area contributed by atoms with Gasteiger partial charge in [-0.2, -0.15) is 0 Å². The van der Waals surface area contributed by atoms with Crippen molar-refractivity contribution >= 4 is 15.7 Å². The zero-order chi connectivity index (χ0) is 26.4. The summed E-state index contributed by atoms with van der Waals surface area (Å²) in [5.41, 5.74) is 2.24. The van der Waals surface area contributed by atoms with Crippen LogP contribution >= 0.6 is 0 Å². The summed E-state index contributed by atoms with van der Waals surface area (Å²) in [6.07, 6.45) is 11.9. The molecule has 36 heavy (non-hydrogen) atoms. The molecular weight excluding hydrogens is 484 g/mol. The molecule has 2 heterocycles. The number of hydrogen-bond acceptors (Lipinski definition) is 6. The van der Waals surface area contributed by atoms with Crippen molar-refractivity contribution < 1.29 is 21.9 Å². The number of sulfone groups is 1. The second-order valence-electron chi connectivity index (χ2n) is 8.42. The summed E-state index contributed by atoms with van der Waals surface area (Å²) in [5.74, 6) is -0.408. The van der Waals surface area contributed by atoms with E-state index in [1.54, 1.807) is 24.4 Å². The molecule has 0 radical (unpaired) electrons. The first-order chi connectivity index (χ1) is 17.3. The monoisotopic (exact) mass is 521 g/mol. The van der Waals surface area contributed by atoms with Crippen molar-refractivity contribution in [2.45, 2.75) is 32.4 Å². The van der Waals surface area contributed by atoms with Crippen LogP contribution in [0, 0.1) is 0 Å². The van der Waals surface area contributed by atoms with Gasteiger partial charge in [0.15, 0.2) is 9.84 Å². The predicted molar refractivity (Wildman–Crippen MR) is 143 cm³/mol. The van der Waals surface area contributed by atoms with Crippen molar-refractivity contribution in [3.05, 3.63) is 83.7 Å². The molecule has 1 saturated heterocycles. The first-order valence-corrected chi connectivity index (χ1v) is 13.9. The molecule has 1 aromatic rings. The number of aromatic nitrogens is 1. The van der Waals surface area contributed by atoms with E-state index >= 15 is 0 Å². The molecule has 1 atom stereocenters. The lowest BCUT2D eigenvalue weighted by atomic mass is 10.0. The first kappa shape index (κ1) is 29.6. The lowest BCUT2D eigenvalue weighted by molar-refractivity contribution is 0.0398. The standard InChI is InChI=1S/C27H37F2N3O3S/c1-4-22(3)8-7-19-36(33,34)26(11-10-24(29)9-6-12-28)25-20-27(31-21-23(25)5-2)30-13-14-32-15-17-35-18-16-32/h4,6-12,20-21,26H,5,13-19H2,1-3H3,(H,30,31)/b8-7-,11-10+,12-6+,22-4-,24-9+. The lowest BCUT2D eigenvalue weighted by Crippen LogP contribution is -2.39. The molecule has 1 aliphatic heterocycles. The predicted octanol–water partition coefficient (Wildman–Crippen LogP) is 5.26. The van der Waals surface area contributed by atoms with Crippen molar-refractivity contribution in [3.63, 3.8) is 0 Å². The highest BCUT2D eigenvalue weighted by Gasteiger charge is 2.26. The summed E-state index contributed by atoms with van der Waals surface area (Å²) < 4.78 is 58.7. The van der Waals surface area contributed by atoms with E-state index in [-0.39, 0.29) is 12.1 Å². The summed E-state index contributed by atoms with van der Waals surface area (Å²) in [6.45, 7) is 10.3. The molecule has 1 unspecified atom stereocenters. The van der Waals surface area contributed by atoms with Crippen LogP contribution in [0.1, 0.15) is 37.1 Å². The summed E-state index contributed by atoms with van der Waals surface area (Å²) >= 11 is 0. The molecule has 0 aromatic carbocycles. The van der Waals surface area contributed by atoms with E-state index in [0.717, 1.165) is 49.0 Å². The van der Waals surface area contributed by atoms with Crippen LogP contribution in [0.15, 0.2) is 72.5 Å². The largest absolute Gasteiger partial charge is 0.379 e. The Kier molecular flexibility index (Phi) is 12.7. The Hall–Kier alpha value is -2.62. The van der Waals surface area contributed by atoms with Crippen molar-refractivity contribution in [1.82, 2.24) is 9.88 Å². The third-order valence-corrected chi connectivity index (χ3v) is 7.70. The molecule has 0 saturated carbocycles. The summed E-state index contributed by atoms with van der Waals surface area (Å²) in [7, 11) is -3.75. The highest BCUT2D eigenvalue weighted by Crippen LogP contribution is 2.30. The molecule has 6 nitrogen and oxygen atoms in total. The Balaban J connectivity index is 2.36. The van der Waals surface area contributed by atoms with Crippen LogP contribution in [0.4, 0.5) is 14.6 Å². The molecule has 1 aromatic heterocycles. The topological polar surface area (TPSA) is 71.5 Å². The van der Waals surface area contributed by atoms with E-state index in [1.807, 2.05) is 26.8 Å². The average Bonchev–Trinajstić information content (AvgIpc) is 2.88. The molecule has 0 bridgehead atoms. The van der Waals surface area contributed by atoms with Crippen LogP contribution in [-0.4, -0.2) is 63.4 Å². The molecule has 198 valence electrons. The maximum Gasteiger partial charge on any atom is 0.164 e. The second kappa shape index (κ2) is 15.5. The smallest absolute Gasteiger partial charge is 0.164 e. The fraction of sp³-hybridized carbons (Fsp3) is 0.444. The summed E-state index contributed by atoms with van der Waals surface area (Å²) in [4.78, 5) is 6.74. The minimum atomic E-state index is -3.75. The van der Waals surface area contributed by atoms with E-state index in [1.165, 1.54) is 6.08 Å². The number of nitrogens with one attached hydrogen (secondary N) is 1. The quantitative estimate of drug-likeness (QED) is 0.357. The Morgan fingerprint density at radius 3 is 2.72 bits per heavy atom. The molecule has 2 rings (SSSR count).